The quantitative estimate of drug-likeness (QED) is 0.536. The van der Waals surface area contributed by atoms with Crippen LogP contribution in [0, 0.1) is 13.8 Å². The predicted molar refractivity (Wildman–Crippen MR) is 118 cm³/mol. The summed E-state index contributed by atoms with van der Waals surface area (Å²) < 4.78 is 6.21. The van der Waals surface area contributed by atoms with Crippen LogP contribution in [0.1, 0.15) is 21.5 Å². The van der Waals surface area contributed by atoms with Crippen LogP contribution in [0.2, 0.25) is 0 Å². The van der Waals surface area contributed by atoms with Gasteiger partial charge in [-0.3, -0.25) is 10.1 Å². The van der Waals surface area contributed by atoms with E-state index in [4.69, 9.17) is 17.0 Å². The van der Waals surface area contributed by atoms with Crippen molar-refractivity contribution in [3.8, 4) is 5.75 Å². The first-order valence-electron chi connectivity index (χ1n) is 8.36. The second-order valence-corrected chi connectivity index (χ2v) is 7.35. The van der Waals surface area contributed by atoms with Gasteiger partial charge in [0.05, 0.1) is 17.1 Å². The Morgan fingerprint density at radius 1 is 1.11 bits per heavy atom. The highest BCUT2D eigenvalue weighted by atomic mass is 79.9. The molecular formula is C21H19BrN2O2S. The van der Waals surface area contributed by atoms with Crippen molar-refractivity contribution in [2.45, 2.75) is 13.8 Å². The second kappa shape index (κ2) is 8.06. The molecule has 27 heavy (non-hydrogen) atoms. The third-order valence-corrected chi connectivity index (χ3v) is 5.46. The lowest BCUT2D eigenvalue weighted by Gasteiger charge is -2.15. The Balaban J connectivity index is 1.87. The van der Waals surface area contributed by atoms with Gasteiger partial charge in [-0.25, -0.2) is 0 Å². The number of thiocarbonyl (C=S) groups is 1. The number of amides is 1. The van der Waals surface area contributed by atoms with Gasteiger partial charge < -0.3 is 10.1 Å². The lowest BCUT2D eigenvalue weighted by atomic mass is 10.1. The highest BCUT2D eigenvalue weighted by Gasteiger charge is 2.19. The van der Waals surface area contributed by atoms with Gasteiger partial charge in [-0.15, -0.1) is 0 Å². The van der Waals surface area contributed by atoms with Gasteiger partial charge in [-0.2, -0.15) is 0 Å². The van der Waals surface area contributed by atoms with Gasteiger partial charge in [0.1, 0.15) is 5.75 Å². The molecule has 3 aromatic carbocycles. The van der Waals surface area contributed by atoms with Gasteiger partial charge in [-0.1, -0.05) is 36.4 Å². The van der Waals surface area contributed by atoms with E-state index < -0.39 is 0 Å². The molecule has 0 bridgehead atoms. The lowest BCUT2D eigenvalue weighted by molar-refractivity contribution is 0.0975. The summed E-state index contributed by atoms with van der Waals surface area (Å²) in [5, 5.41) is 7.97. The molecule has 0 atom stereocenters. The number of ether oxygens (including phenoxy) is 1. The van der Waals surface area contributed by atoms with E-state index in [1.165, 1.54) is 0 Å². The molecule has 2 N–H and O–H groups in total. The number of methoxy groups -OCH3 is 1. The fourth-order valence-corrected chi connectivity index (χ4v) is 3.80. The maximum absolute atomic E-state index is 12.8. The summed E-state index contributed by atoms with van der Waals surface area (Å²) in [5.41, 5.74) is 3.51. The number of halogens is 1. The molecule has 0 aromatic heterocycles. The summed E-state index contributed by atoms with van der Waals surface area (Å²) in [7, 11) is 1.54. The fourth-order valence-electron chi connectivity index (χ4n) is 2.86. The number of hydrogen-bond donors (Lipinski definition) is 2. The summed E-state index contributed by atoms with van der Waals surface area (Å²) in [6.07, 6.45) is 0. The van der Waals surface area contributed by atoms with Crippen LogP contribution < -0.4 is 15.4 Å². The zero-order valence-corrected chi connectivity index (χ0v) is 17.6. The molecular weight excluding hydrogens is 424 g/mol. The van der Waals surface area contributed by atoms with Gasteiger partial charge >= 0.3 is 0 Å². The van der Waals surface area contributed by atoms with Crippen molar-refractivity contribution in [2.24, 2.45) is 0 Å². The zero-order valence-electron chi connectivity index (χ0n) is 15.2. The van der Waals surface area contributed by atoms with Crippen LogP contribution in [-0.4, -0.2) is 18.1 Å². The number of anilines is 1. The maximum Gasteiger partial charge on any atom is 0.261 e. The number of carbonyl (C=O) groups is 1. The summed E-state index contributed by atoms with van der Waals surface area (Å²) in [6.45, 7) is 4.03. The number of nitrogens with one attached hydrogen (secondary N) is 2. The second-order valence-electron chi connectivity index (χ2n) is 6.15. The molecule has 3 aromatic rings. The molecule has 0 heterocycles. The van der Waals surface area contributed by atoms with Gasteiger partial charge in [-0.05, 0) is 76.0 Å². The maximum atomic E-state index is 12.8. The number of benzene rings is 3. The third kappa shape index (κ3) is 3.96. The average molecular weight is 443 g/mol. The molecule has 1 amide bonds. The lowest BCUT2D eigenvalue weighted by Crippen LogP contribution is -2.34. The van der Waals surface area contributed by atoms with Gasteiger partial charge in [0, 0.05) is 5.69 Å². The van der Waals surface area contributed by atoms with Crippen LogP contribution in [0.15, 0.2) is 53.0 Å². The topological polar surface area (TPSA) is 50.4 Å². The highest BCUT2D eigenvalue weighted by Crippen LogP contribution is 2.36. The Hall–Kier alpha value is -2.44. The van der Waals surface area contributed by atoms with Crippen LogP contribution >= 0.6 is 28.1 Å². The first kappa shape index (κ1) is 19.3. The molecule has 0 unspecified atom stereocenters. The summed E-state index contributed by atoms with van der Waals surface area (Å²) in [6, 6.07) is 15.5. The molecule has 0 saturated carbocycles. The molecule has 138 valence electrons. The van der Waals surface area contributed by atoms with E-state index in [2.05, 4.69) is 26.6 Å². The van der Waals surface area contributed by atoms with Crippen molar-refractivity contribution >= 4 is 55.6 Å². The monoisotopic (exact) mass is 442 g/mol. The Kier molecular flexibility index (Phi) is 5.77. The minimum Gasteiger partial charge on any atom is -0.495 e. The standard InChI is InChI=1S/C21H19BrN2O2S/c1-12-7-6-10-17(13(12)2)23-21(27)24-20(25)16-11-14-8-4-5-9-15(14)18(22)19(16)26-3/h4-11H,1-3H3,(H2,23,24,25,27). The number of rotatable bonds is 3. The molecule has 0 aliphatic carbocycles. The van der Waals surface area contributed by atoms with E-state index in [1.807, 2.05) is 56.3 Å². The Labute approximate surface area is 172 Å². The van der Waals surface area contributed by atoms with Gasteiger partial charge in [0.2, 0.25) is 0 Å². The largest absolute Gasteiger partial charge is 0.495 e. The number of fused-ring (bicyclic) bond motifs is 1. The predicted octanol–water partition coefficient (Wildman–Crippen LogP) is 5.35. The molecule has 0 spiro atoms. The Bertz CT molecular complexity index is 1050. The van der Waals surface area contributed by atoms with E-state index >= 15 is 0 Å². The van der Waals surface area contributed by atoms with Crippen molar-refractivity contribution in [1.29, 1.82) is 0 Å². The Morgan fingerprint density at radius 2 is 1.85 bits per heavy atom. The van der Waals surface area contributed by atoms with Crippen LogP contribution in [0.3, 0.4) is 0 Å². The molecule has 0 saturated heterocycles. The van der Waals surface area contributed by atoms with E-state index in [0.29, 0.717) is 11.3 Å². The first-order valence-corrected chi connectivity index (χ1v) is 9.56. The number of hydrogen-bond acceptors (Lipinski definition) is 3. The van der Waals surface area contributed by atoms with Crippen molar-refractivity contribution in [2.75, 3.05) is 12.4 Å². The normalized spacial score (nSPS) is 10.5. The minimum atomic E-state index is -0.332. The van der Waals surface area contributed by atoms with Crippen LogP contribution in [-0.2, 0) is 0 Å². The molecule has 0 fully saturated rings. The summed E-state index contributed by atoms with van der Waals surface area (Å²) in [5.74, 6) is 0.141. The van der Waals surface area contributed by atoms with E-state index in [0.717, 1.165) is 32.1 Å². The van der Waals surface area contributed by atoms with Gasteiger partial charge in [0.25, 0.3) is 5.91 Å². The molecule has 0 radical (unpaired) electrons. The van der Waals surface area contributed by atoms with E-state index in [1.54, 1.807) is 13.2 Å². The number of aryl methyl sites for hydroxylation is 1. The summed E-state index contributed by atoms with van der Waals surface area (Å²) in [4.78, 5) is 12.8. The van der Waals surface area contributed by atoms with Crippen molar-refractivity contribution in [1.82, 2.24) is 5.32 Å². The van der Waals surface area contributed by atoms with Crippen LogP contribution in [0.25, 0.3) is 10.8 Å². The molecule has 0 aliphatic heterocycles. The average Bonchev–Trinajstić information content (AvgIpc) is 2.65. The van der Waals surface area contributed by atoms with Crippen molar-refractivity contribution in [3.05, 3.63) is 69.7 Å². The Morgan fingerprint density at radius 3 is 2.59 bits per heavy atom. The number of carbonyl (C=O) groups excluding carboxylic acids is 1. The zero-order chi connectivity index (χ0) is 19.6. The molecule has 0 aliphatic rings. The molecule has 4 nitrogen and oxygen atoms in total. The SMILES string of the molecule is COc1c(C(=O)NC(=S)Nc2cccc(C)c2C)cc2ccccc2c1Br. The molecule has 3 rings (SSSR count). The third-order valence-electron chi connectivity index (χ3n) is 4.47. The van der Waals surface area contributed by atoms with Crippen molar-refractivity contribution in [3.63, 3.8) is 0 Å². The van der Waals surface area contributed by atoms with Gasteiger partial charge in [0.15, 0.2) is 5.11 Å². The fraction of sp³-hybridized carbons (Fsp3) is 0.143. The van der Waals surface area contributed by atoms with Crippen molar-refractivity contribution < 1.29 is 9.53 Å². The first-order chi connectivity index (χ1) is 12.9. The minimum absolute atomic E-state index is 0.236. The molecule has 6 heteroatoms. The van der Waals surface area contributed by atoms with E-state index in [9.17, 15) is 4.79 Å². The smallest absolute Gasteiger partial charge is 0.261 e. The summed E-state index contributed by atoms with van der Waals surface area (Å²) >= 11 is 8.87. The van der Waals surface area contributed by atoms with Crippen LogP contribution in [0.4, 0.5) is 5.69 Å². The highest BCUT2D eigenvalue weighted by molar-refractivity contribution is 9.10. The van der Waals surface area contributed by atoms with Crippen LogP contribution in [0.5, 0.6) is 5.75 Å². The van der Waals surface area contributed by atoms with E-state index in [-0.39, 0.29) is 11.0 Å².